The molecule has 4 heteroatoms. The fourth-order valence-electron chi connectivity index (χ4n) is 3.20. The number of hydrogen-bond acceptors (Lipinski definition) is 3. The van der Waals surface area contributed by atoms with Crippen molar-refractivity contribution in [3.05, 3.63) is 0 Å². The summed E-state index contributed by atoms with van der Waals surface area (Å²) in [4.78, 5) is 14.3. The van der Waals surface area contributed by atoms with Gasteiger partial charge in [-0.25, -0.2) is 0 Å². The molecule has 0 heterocycles. The highest BCUT2D eigenvalue weighted by Crippen LogP contribution is 2.35. The first kappa shape index (κ1) is 17.4. The number of nitrogens with zero attached hydrogens (tertiary/aromatic N) is 1. The van der Waals surface area contributed by atoms with Crippen LogP contribution in [0.15, 0.2) is 0 Å². The molecule has 0 radical (unpaired) electrons. The van der Waals surface area contributed by atoms with Gasteiger partial charge in [-0.15, -0.1) is 0 Å². The molecule has 4 nitrogen and oxygen atoms in total. The SMILES string of the molecule is CC(CN)CCC(=O)NCC1(N(C)C)CCCC(C)C1. The zero-order valence-electron chi connectivity index (χ0n) is 13.7. The Labute approximate surface area is 124 Å². The van der Waals surface area contributed by atoms with Gasteiger partial charge in [0.25, 0.3) is 0 Å². The standard InChI is InChI=1S/C16H33N3O/c1-13-6-5-9-16(10-13,19(3)4)12-18-15(20)8-7-14(2)11-17/h13-14H,5-12,17H2,1-4H3,(H,18,20). The summed E-state index contributed by atoms with van der Waals surface area (Å²) in [5.41, 5.74) is 5.73. The first-order valence-corrected chi connectivity index (χ1v) is 8.04. The number of nitrogens with one attached hydrogen (secondary N) is 1. The van der Waals surface area contributed by atoms with Crippen LogP contribution in [0.5, 0.6) is 0 Å². The quantitative estimate of drug-likeness (QED) is 0.751. The molecule has 3 atom stereocenters. The first-order valence-electron chi connectivity index (χ1n) is 8.04. The van der Waals surface area contributed by atoms with Gasteiger partial charge in [-0.05, 0) is 51.7 Å². The largest absolute Gasteiger partial charge is 0.354 e. The Balaban J connectivity index is 2.45. The molecule has 0 spiro atoms. The molecule has 1 rings (SSSR count). The lowest BCUT2D eigenvalue weighted by Gasteiger charge is -2.45. The van der Waals surface area contributed by atoms with Crippen molar-refractivity contribution >= 4 is 5.91 Å². The van der Waals surface area contributed by atoms with E-state index in [1.165, 1.54) is 25.7 Å². The molecular weight excluding hydrogens is 250 g/mol. The Morgan fingerprint density at radius 1 is 1.50 bits per heavy atom. The lowest BCUT2D eigenvalue weighted by atomic mass is 9.75. The molecule has 118 valence electrons. The topological polar surface area (TPSA) is 58.4 Å². The molecule has 0 saturated heterocycles. The molecule has 3 unspecified atom stereocenters. The van der Waals surface area contributed by atoms with Gasteiger partial charge in [-0.1, -0.05) is 26.7 Å². The Morgan fingerprint density at radius 3 is 2.75 bits per heavy atom. The van der Waals surface area contributed by atoms with Crippen molar-refractivity contribution in [2.24, 2.45) is 17.6 Å². The van der Waals surface area contributed by atoms with Gasteiger partial charge in [-0.3, -0.25) is 4.79 Å². The van der Waals surface area contributed by atoms with E-state index in [4.69, 9.17) is 5.73 Å². The molecule has 1 aliphatic rings. The Bertz CT molecular complexity index is 306. The highest BCUT2D eigenvalue weighted by Gasteiger charge is 2.37. The molecule has 20 heavy (non-hydrogen) atoms. The Morgan fingerprint density at radius 2 is 2.20 bits per heavy atom. The molecule has 1 fully saturated rings. The third kappa shape index (κ3) is 5.06. The minimum atomic E-state index is 0.146. The summed E-state index contributed by atoms with van der Waals surface area (Å²) in [5.74, 6) is 1.35. The molecule has 3 N–H and O–H groups in total. The van der Waals surface area contributed by atoms with Crippen molar-refractivity contribution in [1.82, 2.24) is 10.2 Å². The van der Waals surface area contributed by atoms with E-state index in [2.05, 4.69) is 38.2 Å². The van der Waals surface area contributed by atoms with Gasteiger partial charge in [0.15, 0.2) is 0 Å². The van der Waals surface area contributed by atoms with Crippen LogP contribution in [0, 0.1) is 11.8 Å². The average Bonchev–Trinajstić information content (AvgIpc) is 2.42. The fraction of sp³-hybridized carbons (Fsp3) is 0.938. The van der Waals surface area contributed by atoms with Crippen LogP contribution in [0.4, 0.5) is 0 Å². The van der Waals surface area contributed by atoms with Crippen LogP contribution < -0.4 is 11.1 Å². The monoisotopic (exact) mass is 283 g/mol. The number of carbonyl (C=O) groups is 1. The second-order valence-electron chi connectivity index (χ2n) is 6.98. The van der Waals surface area contributed by atoms with Crippen LogP contribution in [0.1, 0.15) is 52.4 Å². The predicted octanol–water partition coefficient (Wildman–Crippen LogP) is 1.99. The zero-order chi connectivity index (χ0) is 15.2. The number of nitrogens with two attached hydrogens (primary N) is 1. The molecule has 1 amide bonds. The van der Waals surface area contributed by atoms with E-state index in [9.17, 15) is 4.79 Å². The van der Waals surface area contributed by atoms with Gasteiger partial charge in [0.05, 0.1) is 0 Å². The molecular formula is C16H33N3O. The van der Waals surface area contributed by atoms with Crippen molar-refractivity contribution in [1.29, 1.82) is 0 Å². The number of hydrogen-bond donors (Lipinski definition) is 2. The summed E-state index contributed by atoms with van der Waals surface area (Å²) in [6.45, 7) is 5.85. The smallest absolute Gasteiger partial charge is 0.220 e. The Kier molecular flexibility index (Phi) is 6.96. The summed E-state index contributed by atoms with van der Waals surface area (Å²) >= 11 is 0. The van der Waals surface area contributed by atoms with Gasteiger partial charge in [0.2, 0.25) is 5.91 Å². The summed E-state index contributed by atoms with van der Waals surface area (Å²) < 4.78 is 0. The summed E-state index contributed by atoms with van der Waals surface area (Å²) in [7, 11) is 4.28. The van der Waals surface area contributed by atoms with Crippen LogP contribution in [0.3, 0.4) is 0 Å². The Hall–Kier alpha value is -0.610. The van der Waals surface area contributed by atoms with E-state index in [0.29, 0.717) is 18.9 Å². The van der Waals surface area contributed by atoms with E-state index in [1.54, 1.807) is 0 Å². The fourth-order valence-corrected chi connectivity index (χ4v) is 3.20. The van der Waals surface area contributed by atoms with Gasteiger partial charge >= 0.3 is 0 Å². The van der Waals surface area contributed by atoms with Crippen molar-refractivity contribution in [2.45, 2.75) is 57.9 Å². The molecule has 0 aromatic rings. The first-order chi connectivity index (χ1) is 9.39. The predicted molar refractivity (Wildman–Crippen MR) is 84.5 cm³/mol. The maximum absolute atomic E-state index is 12.0. The normalized spacial score (nSPS) is 28.4. The average molecular weight is 283 g/mol. The van der Waals surface area contributed by atoms with Crippen molar-refractivity contribution < 1.29 is 4.79 Å². The van der Waals surface area contributed by atoms with Crippen LogP contribution in [-0.2, 0) is 4.79 Å². The summed E-state index contributed by atoms with van der Waals surface area (Å²) in [6, 6.07) is 0. The number of carbonyl (C=O) groups excluding carboxylic acids is 1. The lowest BCUT2D eigenvalue weighted by Crippen LogP contribution is -2.55. The summed E-state index contributed by atoms with van der Waals surface area (Å²) in [6.07, 6.45) is 6.42. The van der Waals surface area contributed by atoms with E-state index in [0.717, 1.165) is 18.9 Å². The van der Waals surface area contributed by atoms with E-state index >= 15 is 0 Å². The second-order valence-corrected chi connectivity index (χ2v) is 6.98. The van der Waals surface area contributed by atoms with Gasteiger partial charge in [0, 0.05) is 18.5 Å². The molecule has 0 aromatic carbocycles. The van der Waals surface area contributed by atoms with Gasteiger partial charge < -0.3 is 16.0 Å². The number of likely N-dealkylation sites (N-methyl/N-ethyl adjacent to an activating group) is 1. The maximum atomic E-state index is 12.0. The second kappa shape index (κ2) is 7.99. The van der Waals surface area contributed by atoms with Crippen molar-refractivity contribution in [3.8, 4) is 0 Å². The van der Waals surface area contributed by atoms with Crippen LogP contribution >= 0.6 is 0 Å². The number of amides is 1. The molecule has 0 aromatic heterocycles. The minimum absolute atomic E-state index is 0.146. The third-order valence-corrected chi connectivity index (χ3v) is 4.90. The number of rotatable bonds is 7. The molecule has 0 bridgehead atoms. The van der Waals surface area contributed by atoms with Crippen LogP contribution in [0.25, 0.3) is 0 Å². The maximum Gasteiger partial charge on any atom is 0.220 e. The van der Waals surface area contributed by atoms with Crippen molar-refractivity contribution in [2.75, 3.05) is 27.2 Å². The zero-order valence-corrected chi connectivity index (χ0v) is 13.7. The van der Waals surface area contributed by atoms with Gasteiger partial charge in [-0.2, -0.15) is 0 Å². The van der Waals surface area contributed by atoms with E-state index in [-0.39, 0.29) is 11.4 Å². The van der Waals surface area contributed by atoms with Crippen molar-refractivity contribution in [3.63, 3.8) is 0 Å². The van der Waals surface area contributed by atoms with E-state index < -0.39 is 0 Å². The minimum Gasteiger partial charge on any atom is -0.354 e. The third-order valence-electron chi connectivity index (χ3n) is 4.90. The van der Waals surface area contributed by atoms with Crippen LogP contribution in [-0.4, -0.2) is 43.5 Å². The highest BCUT2D eigenvalue weighted by molar-refractivity contribution is 5.75. The molecule has 0 aliphatic heterocycles. The van der Waals surface area contributed by atoms with Crippen LogP contribution in [0.2, 0.25) is 0 Å². The lowest BCUT2D eigenvalue weighted by molar-refractivity contribution is -0.122. The molecule has 1 aliphatic carbocycles. The van der Waals surface area contributed by atoms with Gasteiger partial charge in [0.1, 0.15) is 0 Å². The molecule has 1 saturated carbocycles. The highest BCUT2D eigenvalue weighted by atomic mass is 16.1. The van der Waals surface area contributed by atoms with E-state index in [1.807, 2.05) is 0 Å². The summed E-state index contributed by atoms with van der Waals surface area (Å²) in [5, 5.41) is 3.15.